The third kappa shape index (κ3) is 4.03. The monoisotopic (exact) mass is 331 g/mol. The molecule has 0 aliphatic carbocycles. The molecule has 1 aliphatic heterocycles. The van der Waals surface area contributed by atoms with Crippen LogP contribution in [0.3, 0.4) is 0 Å². The van der Waals surface area contributed by atoms with Gasteiger partial charge in [-0.2, -0.15) is 0 Å². The summed E-state index contributed by atoms with van der Waals surface area (Å²) in [6.07, 6.45) is 0. The molecule has 1 aromatic heterocycles. The summed E-state index contributed by atoms with van der Waals surface area (Å²) in [5.41, 5.74) is 0.233. The normalized spacial score (nSPS) is 18.2. The minimum Gasteiger partial charge on any atom is -0.314 e. The van der Waals surface area contributed by atoms with Crippen molar-refractivity contribution in [2.75, 3.05) is 32.7 Å². The van der Waals surface area contributed by atoms with Gasteiger partial charge in [-0.15, -0.1) is 11.3 Å². The van der Waals surface area contributed by atoms with E-state index < -0.39 is 0 Å². The number of hydrogen-bond acceptors (Lipinski definition) is 4. The third-order valence-electron chi connectivity index (χ3n) is 3.46. The SMILES string of the molecule is CC(C)(CNCc1ccc(Br)s1)N1CCNCC1. The molecule has 1 saturated heterocycles. The highest BCUT2D eigenvalue weighted by Crippen LogP contribution is 2.22. The van der Waals surface area contributed by atoms with Gasteiger partial charge in [0.05, 0.1) is 3.79 Å². The third-order valence-corrected chi connectivity index (χ3v) is 5.08. The van der Waals surface area contributed by atoms with E-state index in [-0.39, 0.29) is 5.54 Å². The van der Waals surface area contributed by atoms with Gasteiger partial charge >= 0.3 is 0 Å². The lowest BCUT2D eigenvalue weighted by Crippen LogP contribution is -2.57. The fourth-order valence-corrected chi connectivity index (χ4v) is 3.77. The molecule has 2 N–H and O–H groups in total. The number of nitrogens with zero attached hydrogens (tertiary/aromatic N) is 1. The van der Waals surface area contributed by atoms with Crippen molar-refractivity contribution in [3.63, 3.8) is 0 Å². The van der Waals surface area contributed by atoms with E-state index in [1.54, 1.807) is 11.3 Å². The van der Waals surface area contributed by atoms with E-state index in [1.165, 1.54) is 8.66 Å². The standard InChI is InChI=1S/C13H22BrN3S/c1-13(2,17-7-5-15-6-8-17)10-16-9-11-3-4-12(14)18-11/h3-4,15-16H,5-10H2,1-2H3. The maximum atomic E-state index is 3.58. The van der Waals surface area contributed by atoms with Crippen LogP contribution in [0.5, 0.6) is 0 Å². The van der Waals surface area contributed by atoms with Crippen molar-refractivity contribution >= 4 is 27.3 Å². The fourth-order valence-electron chi connectivity index (χ4n) is 2.32. The van der Waals surface area contributed by atoms with Crippen molar-refractivity contribution in [2.24, 2.45) is 0 Å². The first-order chi connectivity index (χ1) is 8.58. The smallest absolute Gasteiger partial charge is 0.0701 e. The van der Waals surface area contributed by atoms with Crippen LogP contribution in [0.15, 0.2) is 15.9 Å². The topological polar surface area (TPSA) is 27.3 Å². The summed E-state index contributed by atoms with van der Waals surface area (Å²) >= 11 is 5.31. The summed E-state index contributed by atoms with van der Waals surface area (Å²) in [6.45, 7) is 11.2. The van der Waals surface area contributed by atoms with Crippen molar-refractivity contribution in [3.8, 4) is 0 Å². The Morgan fingerprint density at radius 3 is 2.72 bits per heavy atom. The fraction of sp³-hybridized carbons (Fsp3) is 0.692. The maximum absolute atomic E-state index is 3.58. The molecule has 2 heterocycles. The van der Waals surface area contributed by atoms with Crippen LogP contribution in [-0.2, 0) is 6.54 Å². The van der Waals surface area contributed by atoms with Gasteiger partial charge in [0.15, 0.2) is 0 Å². The van der Waals surface area contributed by atoms with Gasteiger partial charge in [0.2, 0.25) is 0 Å². The summed E-state index contributed by atoms with van der Waals surface area (Å²) in [7, 11) is 0. The van der Waals surface area contributed by atoms with Crippen LogP contribution in [0.4, 0.5) is 0 Å². The van der Waals surface area contributed by atoms with E-state index >= 15 is 0 Å². The van der Waals surface area contributed by atoms with E-state index in [0.29, 0.717) is 0 Å². The van der Waals surface area contributed by atoms with Crippen molar-refractivity contribution in [1.82, 2.24) is 15.5 Å². The first kappa shape index (κ1) is 14.5. The van der Waals surface area contributed by atoms with Gasteiger partial charge in [0.25, 0.3) is 0 Å². The molecule has 0 spiro atoms. The first-order valence-corrected chi connectivity index (χ1v) is 8.09. The van der Waals surface area contributed by atoms with Crippen LogP contribution in [0.2, 0.25) is 0 Å². The molecule has 5 heteroatoms. The molecule has 1 aliphatic rings. The minimum absolute atomic E-state index is 0.233. The molecule has 0 bridgehead atoms. The molecule has 2 rings (SSSR count). The number of thiophene rings is 1. The van der Waals surface area contributed by atoms with Gasteiger partial charge in [0.1, 0.15) is 0 Å². The van der Waals surface area contributed by atoms with Gasteiger partial charge < -0.3 is 10.6 Å². The van der Waals surface area contributed by atoms with Crippen molar-refractivity contribution in [1.29, 1.82) is 0 Å². The Balaban J connectivity index is 1.77. The zero-order chi connectivity index (χ0) is 13.0. The molecule has 18 heavy (non-hydrogen) atoms. The molecule has 0 unspecified atom stereocenters. The number of nitrogens with one attached hydrogen (secondary N) is 2. The molecule has 0 amide bonds. The second kappa shape index (κ2) is 6.48. The lowest BCUT2D eigenvalue weighted by molar-refractivity contribution is 0.102. The predicted octanol–water partition coefficient (Wildman–Crippen LogP) is 2.28. The van der Waals surface area contributed by atoms with Gasteiger partial charge in [-0.25, -0.2) is 0 Å². The molecule has 0 aromatic carbocycles. The highest BCUT2D eigenvalue weighted by atomic mass is 79.9. The second-order valence-corrected chi connectivity index (χ2v) is 7.91. The molecule has 1 fully saturated rings. The molecule has 0 radical (unpaired) electrons. The number of hydrogen-bond donors (Lipinski definition) is 2. The van der Waals surface area contributed by atoms with Crippen molar-refractivity contribution < 1.29 is 0 Å². The Labute approximate surface area is 122 Å². The molecule has 0 saturated carbocycles. The largest absolute Gasteiger partial charge is 0.314 e. The average molecular weight is 332 g/mol. The Bertz CT molecular complexity index is 372. The Kier molecular flexibility index (Phi) is 5.21. The summed E-state index contributed by atoms with van der Waals surface area (Å²) in [5.74, 6) is 0. The average Bonchev–Trinajstić information content (AvgIpc) is 2.76. The highest BCUT2D eigenvalue weighted by Gasteiger charge is 2.27. The van der Waals surface area contributed by atoms with Crippen LogP contribution in [0.25, 0.3) is 0 Å². The molecule has 3 nitrogen and oxygen atoms in total. The van der Waals surface area contributed by atoms with Crippen LogP contribution < -0.4 is 10.6 Å². The Hall–Kier alpha value is 0.0600. The zero-order valence-corrected chi connectivity index (χ0v) is 13.5. The molecular formula is C13H22BrN3S. The van der Waals surface area contributed by atoms with E-state index in [4.69, 9.17) is 0 Å². The molecule has 0 atom stereocenters. The van der Waals surface area contributed by atoms with Crippen LogP contribution in [0.1, 0.15) is 18.7 Å². The first-order valence-electron chi connectivity index (χ1n) is 6.49. The zero-order valence-electron chi connectivity index (χ0n) is 11.1. The van der Waals surface area contributed by atoms with Crippen LogP contribution in [-0.4, -0.2) is 43.2 Å². The lowest BCUT2D eigenvalue weighted by atomic mass is 10.0. The second-order valence-electron chi connectivity index (χ2n) is 5.36. The Morgan fingerprint density at radius 2 is 2.11 bits per heavy atom. The number of piperazine rings is 1. The van der Waals surface area contributed by atoms with Crippen molar-refractivity contribution in [3.05, 3.63) is 20.8 Å². The maximum Gasteiger partial charge on any atom is 0.0701 e. The summed E-state index contributed by atoms with van der Waals surface area (Å²) < 4.78 is 1.21. The van der Waals surface area contributed by atoms with Gasteiger partial charge in [-0.1, -0.05) is 0 Å². The van der Waals surface area contributed by atoms with Gasteiger partial charge in [-0.3, -0.25) is 4.90 Å². The van der Waals surface area contributed by atoms with Gasteiger partial charge in [0, 0.05) is 49.7 Å². The van der Waals surface area contributed by atoms with Crippen LogP contribution >= 0.6 is 27.3 Å². The van der Waals surface area contributed by atoms with Gasteiger partial charge in [-0.05, 0) is 41.9 Å². The molecular weight excluding hydrogens is 310 g/mol. The van der Waals surface area contributed by atoms with E-state index in [0.717, 1.165) is 39.3 Å². The number of halogens is 1. The quantitative estimate of drug-likeness (QED) is 0.866. The number of rotatable bonds is 5. The summed E-state index contributed by atoms with van der Waals surface area (Å²) in [5, 5.41) is 6.99. The summed E-state index contributed by atoms with van der Waals surface area (Å²) in [4.78, 5) is 3.96. The lowest BCUT2D eigenvalue weighted by Gasteiger charge is -2.41. The Morgan fingerprint density at radius 1 is 1.39 bits per heavy atom. The minimum atomic E-state index is 0.233. The molecule has 102 valence electrons. The van der Waals surface area contributed by atoms with E-state index in [9.17, 15) is 0 Å². The van der Waals surface area contributed by atoms with E-state index in [2.05, 4.69) is 57.4 Å². The van der Waals surface area contributed by atoms with E-state index in [1.807, 2.05) is 0 Å². The predicted molar refractivity (Wildman–Crippen MR) is 82.2 cm³/mol. The summed E-state index contributed by atoms with van der Waals surface area (Å²) in [6, 6.07) is 4.29. The van der Waals surface area contributed by atoms with Crippen LogP contribution in [0, 0.1) is 0 Å². The molecule has 1 aromatic rings. The van der Waals surface area contributed by atoms with Crippen molar-refractivity contribution in [2.45, 2.75) is 25.9 Å². The highest BCUT2D eigenvalue weighted by molar-refractivity contribution is 9.11.